The first kappa shape index (κ1) is 26.4. The summed E-state index contributed by atoms with van der Waals surface area (Å²) in [6, 6.07) is 0. The van der Waals surface area contributed by atoms with Gasteiger partial charge in [0.05, 0.1) is 11.8 Å². The molecule has 1 rings (SSSR count). The zero-order valence-corrected chi connectivity index (χ0v) is 17.1. The van der Waals surface area contributed by atoms with Gasteiger partial charge in [-0.2, -0.15) is 0 Å². The van der Waals surface area contributed by atoms with E-state index in [4.69, 9.17) is 10.2 Å². The van der Waals surface area contributed by atoms with Crippen LogP contribution in [0, 0.1) is 11.8 Å². The minimum absolute atomic E-state index is 0.326. The van der Waals surface area contributed by atoms with E-state index in [0.717, 1.165) is 0 Å². The average molecular weight is 367 g/mol. The van der Waals surface area contributed by atoms with Crippen molar-refractivity contribution in [3.63, 3.8) is 0 Å². The van der Waals surface area contributed by atoms with E-state index in [1.54, 1.807) is 12.2 Å². The Kier molecular flexibility index (Phi) is 16.9. The minimum atomic E-state index is -1.02. The molecule has 26 heavy (non-hydrogen) atoms. The van der Waals surface area contributed by atoms with Crippen LogP contribution in [0.2, 0.25) is 0 Å². The fourth-order valence-corrected chi connectivity index (χ4v) is 2.32. The van der Waals surface area contributed by atoms with Crippen molar-refractivity contribution in [2.24, 2.45) is 11.8 Å². The van der Waals surface area contributed by atoms with E-state index in [1.807, 2.05) is 0 Å². The van der Waals surface area contributed by atoms with Gasteiger partial charge in [-0.15, -0.1) is 13.2 Å². The van der Waals surface area contributed by atoms with Crippen LogP contribution in [0.3, 0.4) is 0 Å². The number of unbranched alkanes of at least 4 members (excludes halogenated alkanes) is 2. The molecule has 0 saturated carbocycles. The van der Waals surface area contributed by atoms with Crippen LogP contribution in [0.1, 0.15) is 79.1 Å². The first-order valence-corrected chi connectivity index (χ1v) is 9.56. The second-order valence-electron chi connectivity index (χ2n) is 6.95. The van der Waals surface area contributed by atoms with Gasteiger partial charge in [-0.1, -0.05) is 50.0 Å². The number of hydrogen-bond acceptors (Lipinski definition) is 2. The molecule has 2 N–H and O–H groups in total. The summed E-state index contributed by atoms with van der Waals surface area (Å²) in [6.45, 7) is 16.1. The van der Waals surface area contributed by atoms with Crippen molar-refractivity contribution in [3.05, 3.63) is 36.5 Å². The Labute approximate surface area is 159 Å². The third kappa shape index (κ3) is 15.7. The lowest BCUT2D eigenvalue weighted by Gasteiger charge is -2.20. The number of carbonyl (C=O) groups is 2. The maximum atomic E-state index is 10.6. The molecule has 1 aliphatic carbocycles. The molecular formula is C22H38O4. The quantitative estimate of drug-likeness (QED) is 0.498. The molecule has 0 spiro atoms. The van der Waals surface area contributed by atoms with Gasteiger partial charge >= 0.3 is 11.9 Å². The Hall–Kier alpha value is -1.84. The van der Waals surface area contributed by atoms with Gasteiger partial charge < -0.3 is 10.2 Å². The highest BCUT2D eigenvalue weighted by atomic mass is 16.4. The molecular weight excluding hydrogens is 328 g/mol. The maximum Gasteiger partial charge on any atom is 0.307 e. The van der Waals surface area contributed by atoms with Crippen molar-refractivity contribution < 1.29 is 19.8 Å². The van der Waals surface area contributed by atoms with Gasteiger partial charge in [0.15, 0.2) is 0 Å². The predicted molar refractivity (Wildman–Crippen MR) is 109 cm³/mol. The van der Waals surface area contributed by atoms with E-state index in [0.29, 0.717) is 12.8 Å². The number of aliphatic carboxylic acids is 2. The number of carboxylic acids is 2. The number of rotatable bonds is 8. The Morgan fingerprint density at radius 2 is 1.15 bits per heavy atom. The zero-order valence-electron chi connectivity index (χ0n) is 17.1. The monoisotopic (exact) mass is 366 g/mol. The van der Waals surface area contributed by atoms with Crippen LogP contribution in [0.5, 0.6) is 0 Å². The van der Waals surface area contributed by atoms with Gasteiger partial charge in [0.25, 0.3) is 0 Å². The second-order valence-corrected chi connectivity index (χ2v) is 6.95. The van der Waals surface area contributed by atoms with E-state index in [1.165, 1.54) is 49.7 Å². The van der Waals surface area contributed by atoms with Gasteiger partial charge in [-0.25, -0.2) is 0 Å². The summed E-state index contributed by atoms with van der Waals surface area (Å²) in [4.78, 5) is 21.1. The summed E-state index contributed by atoms with van der Waals surface area (Å²) >= 11 is 0. The smallest absolute Gasteiger partial charge is 0.307 e. The normalized spacial score (nSPS) is 17.8. The average Bonchev–Trinajstić information content (AvgIpc) is 2.59. The molecule has 0 amide bonds. The molecule has 0 heterocycles. The van der Waals surface area contributed by atoms with Gasteiger partial charge in [0.2, 0.25) is 0 Å². The van der Waals surface area contributed by atoms with Crippen molar-refractivity contribution in [1.82, 2.24) is 0 Å². The lowest BCUT2D eigenvalue weighted by Crippen LogP contribution is -2.30. The van der Waals surface area contributed by atoms with E-state index in [-0.39, 0.29) is 0 Å². The molecule has 0 bridgehead atoms. The van der Waals surface area contributed by atoms with Crippen molar-refractivity contribution in [3.8, 4) is 0 Å². The standard InChI is InChI=1S/C8H10O4.2C7H14/c9-7(10)5-3-1-2-4-6(5)8(11)12;2*1-4-5-6-7(2)3/h1-2,5-6H,3-4H2,(H,9,10)(H,11,12);2*2,4-6H2,1,3H3. The Balaban J connectivity index is 0. The SMILES string of the molecule is C=C(C)CCCC.C=C(C)CCCC.O=C(O)C1CC=CCC1C(=O)O. The van der Waals surface area contributed by atoms with E-state index < -0.39 is 23.8 Å². The van der Waals surface area contributed by atoms with Gasteiger partial charge in [-0.05, 0) is 52.4 Å². The number of hydrogen-bond donors (Lipinski definition) is 2. The predicted octanol–water partition coefficient (Wildman–Crippen LogP) is 6.24. The molecule has 2 atom stereocenters. The molecule has 0 aliphatic heterocycles. The Bertz CT molecular complexity index is 421. The van der Waals surface area contributed by atoms with Crippen LogP contribution >= 0.6 is 0 Å². The molecule has 0 aromatic carbocycles. The largest absolute Gasteiger partial charge is 0.481 e. The fourth-order valence-electron chi connectivity index (χ4n) is 2.32. The lowest BCUT2D eigenvalue weighted by molar-refractivity contribution is -0.153. The molecule has 4 heteroatoms. The van der Waals surface area contributed by atoms with Crippen molar-refractivity contribution >= 4 is 11.9 Å². The highest BCUT2D eigenvalue weighted by Crippen LogP contribution is 2.25. The van der Waals surface area contributed by atoms with Crippen LogP contribution in [0.15, 0.2) is 36.5 Å². The van der Waals surface area contributed by atoms with Crippen LogP contribution in [0.4, 0.5) is 0 Å². The second kappa shape index (κ2) is 16.6. The van der Waals surface area contributed by atoms with Crippen LogP contribution in [-0.2, 0) is 9.59 Å². The lowest BCUT2D eigenvalue weighted by atomic mass is 9.83. The zero-order chi connectivity index (χ0) is 20.5. The molecule has 0 aromatic rings. The number of allylic oxidation sites excluding steroid dienone is 4. The molecule has 2 unspecified atom stereocenters. The summed E-state index contributed by atoms with van der Waals surface area (Å²) in [6.07, 6.45) is 11.7. The summed E-state index contributed by atoms with van der Waals surface area (Å²) in [5.41, 5.74) is 2.61. The summed E-state index contributed by atoms with van der Waals surface area (Å²) in [7, 11) is 0. The van der Waals surface area contributed by atoms with E-state index in [2.05, 4.69) is 40.9 Å². The first-order chi connectivity index (χ1) is 12.2. The summed E-state index contributed by atoms with van der Waals surface area (Å²) < 4.78 is 0. The van der Waals surface area contributed by atoms with Gasteiger partial charge in [0.1, 0.15) is 0 Å². The molecule has 1 aliphatic rings. The minimum Gasteiger partial charge on any atom is -0.481 e. The van der Waals surface area contributed by atoms with E-state index in [9.17, 15) is 9.59 Å². The number of carboxylic acid groups (broad SMARTS) is 2. The topological polar surface area (TPSA) is 74.6 Å². The Morgan fingerprint density at radius 1 is 0.846 bits per heavy atom. The van der Waals surface area contributed by atoms with Crippen molar-refractivity contribution in [2.45, 2.75) is 79.1 Å². The fraction of sp³-hybridized carbons (Fsp3) is 0.636. The van der Waals surface area contributed by atoms with Crippen LogP contribution in [0.25, 0.3) is 0 Å². The van der Waals surface area contributed by atoms with Crippen molar-refractivity contribution in [1.29, 1.82) is 0 Å². The molecule has 0 fully saturated rings. The van der Waals surface area contributed by atoms with Gasteiger partial charge in [-0.3, -0.25) is 9.59 Å². The highest BCUT2D eigenvalue weighted by Gasteiger charge is 2.33. The summed E-state index contributed by atoms with van der Waals surface area (Å²) in [5.74, 6) is -3.56. The molecule has 150 valence electrons. The maximum absolute atomic E-state index is 10.6. The van der Waals surface area contributed by atoms with Crippen LogP contribution < -0.4 is 0 Å². The molecule has 0 aromatic heterocycles. The van der Waals surface area contributed by atoms with Gasteiger partial charge in [0, 0.05) is 0 Å². The Morgan fingerprint density at radius 3 is 1.31 bits per heavy atom. The molecule has 4 nitrogen and oxygen atoms in total. The third-order valence-corrected chi connectivity index (χ3v) is 3.98. The van der Waals surface area contributed by atoms with Crippen LogP contribution in [-0.4, -0.2) is 22.2 Å². The van der Waals surface area contributed by atoms with E-state index >= 15 is 0 Å². The molecule has 0 radical (unpaired) electrons. The third-order valence-electron chi connectivity index (χ3n) is 3.98. The summed E-state index contributed by atoms with van der Waals surface area (Å²) in [5, 5.41) is 17.3. The molecule has 0 saturated heterocycles. The van der Waals surface area contributed by atoms with Crippen molar-refractivity contribution in [2.75, 3.05) is 0 Å². The highest BCUT2D eigenvalue weighted by molar-refractivity contribution is 5.80. The first-order valence-electron chi connectivity index (χ1n) is 9.56.